The molecular formula is C11H16N2S. The Morgan fingerprint density at radius 1 is 1.57 bits per heavy atom. The highest BCUT2D eigenvalue weighted by molar-refractivity contribution is 7.99. The van der Waals surface area contributed by atoms with Gasteiger partial charge in [0, 0.05) is 18.0 Å². The standard InChI is InChI=1S/C11H16N2S/c1-9-4-5-11(13-7-9)14-8-10-3-2-6-12-10/h4-5,7,10,12H,2-3,6,8H2,1H3. The van der Waals surface area contributed by atoms with Gasteiger partial charge in [-0.1, -0.05) is 6.07 Å². The highest BCUT2D eigenvalue weighted by atomic mass is 32.2. The molecule has 1 aliphatic heterocycles. The molecule has 1 aliphatic rings. The van der Waals surface area contributed by atoms with Crippen LogP contribution in [0.15, 0.2) is 23.4 Å². The van der Waals surface area contributed by atoms with Crippen molar-refractivity contribution < 1.29 is 0 Å². The van der Waals surface area contributed by atoms with Crippen LogP contribution in [0.5, 0.6) is 0 Å². The Morgan fingerprint density at radius 2 is 2.50 bits per heavy atom. The van der Waals surface area contributed by atoms with E-state index in [2.05, 4.69) is 29.4 Å². The highest BCUT2D eigenvalue weighted by Gasteiger charge is 2.13. The van der Waals surface area contributed by atoms with Crippen LogP contribution in [0.1, 0.15) is 18.4 Å². The molecule has 14 heavy (non-hydrogen) atoms. The Bertz CT molecular complexity index is 278. The first-order chi connectivity index (χ1) is 6.84. The van der Waals surface area contributed by atoms with Gasteiger partial charge in [0.1, 0.15) is 0 Å². The molecule has 1 aromatic rings. The first-order valence-corrected chi connectivity index (χ1v) is 6.12. The molecule has 0 bridgehead atoms. The Balaban J connectivity index is 1.82. The van der Waals surface area contributed by atoms with Crippen LogP contribution in [0.4, 0.5) is 0 Å². The second-order valence-electron chi connectivity index (χ2n) is 3.78. The molecule has 3 heteroatoms. The van der Waals surface area contributed by atoms with E-state index in [-0.39, 0.29) is 0 Å². The van der Waals surface area contributed by atoms with E-state index < -0.39 is 0 Å². The van der Waals surface area contributed by atoms with E-state index in [9.17, 15) is 0 Å². The van der Waals surface area contributed by atoms with Crippen LogP contribution >= 0.6 is 11.8 Å². The number of nitrogens with zero attached hydrogens (tertiary/aromatic N) is 1. The van der Waals surface area contributed by atoms with Crippen LogP contribution in [-0.4, -0.2) is 23.3 Å². The van der Waals surface area contributed by atoms with E-state index in [0.717, 1.165) is 10.8 Å². The molecule has 0 radical (unpaired) electrons. The maximum absolute atomic E-state index is 4.37. The zero-order valence-corrected chi connectivity index (χ0v) is 9.31. The van der Waals surface area contributed by atoms with Crippen LogP contribution < -0.4 is 5.32 Å². The van der Waals surface area contributed by atoms with Gasteiger partial charge in [-0.05, 0) is 37.9 Å². The lowest BCUT2D eigenvalue weighted by atomic mass is 10.3. The van der Waals surface area contributed by atoms with Crippen LogP contribution in [0, 0.1) is 6.92 Å². The summed E-state index contributed by atoms with van der Waals surface area (Å²) in [7, 11) is 0. The quantitative estimate of drug-likeness (QED) is 0.771. The zero-order chi connectivity index (χ0) is 9.80. The molecule has 1 unspecified atom stereocenters. The molecule has 0 saturated carbocycles. The average Bonchev–Trinajstić information content (AvgIpc) is 2.70. The molecule has 0 aromatic carbocycles. The van der Waals surface area contributed by atoms with Crippen molar-refractivity contribution in [3.8, 4) is 0 Å². The molecule has 76 valence electrons. The lowest BCUT2D eigenvalue weighted by Crippen LogP contribution is -2.23. The van der Waals surface area contributed by atoms with Gasteiger partial charge in [-0.3, -0.25) is 0 Å². The minimum atomic E-state index is 0.697. The van der Waals surface area contributed by atoms with Crippen molar-refractivity contribution >= 4 is 11.8 Å². The fraction of sp³-hybridized carbons (Fsp3) is 0.545. The number of hydrogen-bond acceptors (Lipinski definition) is 3. The highest BCUT2D eigenvalue weighted by Crippen LogP contribution is 2.19. The second kappa shape index (κ2) is 4.80. The van der Waals surface area contributed by atoms with Crippen LogP contribution in [0.25, 0.3) is 0 Å². The van der Waals surface area contributed by atoms with Crippen molar-refractivity contribution in [1.29, 1.82) is 0 Å². The van der Waals surface area contributed by atoms with Gasteiger partial charge in [-0.25, -0.2) is 4.98 Å². The number of hydrogen-bond donors (Lipinski definition) is 1. The van der Waals surface area contributed by atoms with Crippen LogP contribution in [0.2, 0.25) is 0 Å². The Hall–Kier alpha value is -0.540. The SMILES string of the molecule is Cc1ccc(SCC2CCCN2)nc1. The molecule has 2 nitrogen and oxygen atoms in total. The third-order valence-electron chi connectivity index (χ3n) is 2.48. The summed E-state index contributed by atoms with van der Waals surface area (Å²) in [6.07, 6.45) is 4.58. The summed E-state index contributed by atoms with van der Waals surface area (Å²) in [5.74, 6) is 1.15. The van der Waals surface area contributed by atoms with Gasteiger partial charge in [0.25, 0.3) is 0 Å². The molecule has 2 rings (SSSR count). The summed E-state index contributed by atoms with van der Waals surface area (Å²) in [4.78, 5) is 4.37. The maximum atomic E-state index is 4.37. The zero-order valence-electron chi connectivity index (χ0n) is 8.49. The second-order valence-corrected chi connectivity index (χ2v) is 4.82. The van der Waals surface area contributed by atoms with Gasteiger partial charge in [0.15, 0.2) is 0 Å². The number of aryl methyl sites for hydroxylation is 1. The largest absolute Gasteiger partial charge is 0.313 e. The molecule has 0 aliphatic carbocycles. The van der Waals surface area contributed by atoms with E-state index in [1.807, 2.05) is 18.0 Å². The van der Waals surface area contributed by atoms with Gasteiger partial charge >= 0.3 is 0 Å². The van der Waals surface area contributed by atoms with E-state index in [1.54, 1.807) is 0 Å². The topological polar surface area (TPSA) is 24.9 Å². The minimum Gasteiger partial charge on any atom is -0.313 e. The maximum Gasteiger partial charge on any atom is 0.0960 e. The molecule has 0 spiro atoms. The van der Waals surface area contributed by atoms with Gasteiger partial charge < -0.3 is 5.32 Å². The van der Waals surface area contributed by atoms with Crippen molar-refractivity contribution in [3.05, 3.63) is 23.9 Å². The fourth-order valence-corrected chi connectivity index (χ4v) is 2.57. The van der Waals surface area contributed by atoms with Crippen molar-refractivity contribution in [2.75, 3.05) is 12.3 Å². The Morgan fingerprint density at radius 3 is 3.14 bits per heavy atom. The van der Waals surface area contributed by atoms with E-state index in [0.29, 0.717) is 6.04 Å². The van der Waals surface area contributed by atoms with E-state index in [4.69, 9.17) is 0 Å². The molecule has 1 atom stereocenters. The first kappa shape index (κ1) is 9.99. The number of rotatable bonds is 3. The predicted octanol–water partition coefficient (Wildman–Crippen LogP) is 2.23. The Labute approximate surface area is 89.5 Å². The molecule has 1 aromatic heterocycles. The fourth-order valence-electron chi connectivity index (χ4n) is 1.62. The van der Waals surface area contributed by atoms with Crippen molar-refractivity contribution in [1.82, 2.24) is 10.3 Å². The normalized spacial score (nSPS) is 21.4. The lowest BCUT2D eigenvalue weighted by molar-refractivity contribution is 0.673. The number of aromatic nitrogens is 1. The van der Waals surface area contributed by atoms with Crippen LogP contribution in [-0.2, 0) is 0 Å². The monoisotopic (exact) mass is 208 g/mol. The summed E-state index contributed by atoms with van der Waals surface area (Å²) in [5, 5.41) is 4.63. The summed E-state index contributed by atoms with van der Waals surface area (Å²) in [5.41, 5.74) is 1.23. The number of pyridine rings is 1. The minimum absolute atomic E-state index is 0.697. The average molecular weight is 208 g/mol. The van der Waals surface area contributed by atoms with E-state index in [1.165, 1.54) is 24.9 Å². The number of nitrogens with one attached hydrogen (secondary N) is 1. The smallest absolute Gasteiger partial charge is 0.0960 e. The molecule has 2 heterocycles. The molecule has 1 saturated heterocycles. The summed E-state index contributed by atoms with van der Waals surface area (Å²) in [6.45, 7) is 3.26. The molecular weight excluding hydrogens is 192 g/mol. The summed E-state index contributed by atoms with van der Waals surface area (Å²) >= 11 is 1.85. The predicted molar refractivity (Wildman–Crippen MR) is 60.7 cm³/mol. The molecule has 1 fully saturated rings. The van der Waals surface area contributed by atoms with Gasteiger partial charge in [0.05, 0.1) is 5.03 Å². The van der Waals surface area contributed by atoms with Gasteiger partial charge in [-0.2, -0.15) is 0 Å². The first-order valence-electron chi connectivity index (χ1n) is 5.13. The van der Waals surface area contributed by atoms with E-state index >= 15 is 0 Å². The Kier molecular flexibility index (Phi) is 3.43. The molecule has 1 N–H and O–H groups in total. The summed E-state index contributed by atoms with van der Waals surface area (Å²) < 4.78 is 0. The number of thioether (sulfide) groups is 1. The summed E-state index contributed by atoms with van der Waals surface area (Å²) in [6, 6.07) is 4.93. The van der Waals surface area contributed by atoms with Crippen molar-refractivity contribution in [3.63, 3.8) is 0 Å². The van der Waals surface area contributed by atoms with Crippen molar-refractivity contribution in [2.24, 2.45) is 0 Å². The van der Waals surface area contributed by atoms with Gasteiger partial charge in [-0.15, -0.1) is 11.8 Å². The third-order valence-corrected chi connectivity index (χ3v) is 3.59. The van der Waals surface area contributed by atoms with Crippen molar-refractivity contribution in [2.45, 2.75) is 30.8 Å². The third kappa shape index (κ3) is 2.72. The van der Waals surface area contributed by atoms with Gasteiger partial charge in [0.2, 0.25) is 0 Å². The lowest BCUT2D eigenvalue weighted by Gasteiger charge is -2.08. The molecule has 0 amide bonds. The van der Waals surface area contributed by atoms with Crippen LogP contribution in [0.3, 0.4) is 0 Å².